The van der Waals surface area contributed by atoms with E-state index in [9.17, 15) is 4.79 Å². The lowest BCUT2D eigenvalue weighted by Crippen LogP contribution is -2.48. The van der Waals surface area contributed by atoms with Gasteiger partial charge in [0.2, 0.25) is 5.91 Å². The first-order chi connectivity index (χ1) is 11.7. The van der Waals surface area contributed by atoms with Crippen molar-refractivity contribution in [3.05, 3.63) is 70.2 Å². The number of benzene rings is 2. The molecule has 4 heteroatoms. The van der Waals surface area contributed by atoms with Crippen molar-refractivity contribution in [3.8, 4) is 0 Å². The standard InChI is InChI=1S/C20H23BrN2O/c21-19-9-5-4-8-18(19)16-22-12-14-23(15-13-22)20(24)11-10-17-6-2-1-3-7-17/h1-9H,10-16H2. The van der Waals surface area contributed by atoms with Crippen LogP contribution >= 0.6 is 15.9 Å². The second-order valence-electron chi connectivity index (χ2n) is 6.23. The van der Waals surface area contributed by atoms with E-state index in [0.717, 1.165) is 43.6 Å². The van der Waals surface area contributed by atoms with Gasteiger partial charge in [-0.2, -0.15) is 0 Å². The van der Waals surface area contributed by atoms with Gasteiger partial charge in [-0.05, 0) is 23.6 Å². The summed E-state index contributed by atoms with van der Waals surface area (Å²) >= 11 is 3.61. The lowest BCUT2D eigenvalue weighted by Gasteiger charge is -2.35. The SMILES string of the molecule is O=C(CCc1ccccc1)N1CCN(Cc2ccccc2Br)CC1. The first kappa shape index (κ1) is 17.2. The molecule has 2 aromatic rings. The molecule has 1 fully saturated rings. The largest absolute Gasteiger partial charge is 0.340 e. The highest BCUT2D eigenvalue weighted by Gasteiger charge is 2.21. The van der Waals surface area contributed by atoms with Gasteiger partial charge in [0.15, 0.2) is 0 Å². The van der Waals surface area contributed by atoms with Crippen LogP contribution in [0.3, 0.4) is 0 Å². The molecule has 0 bridgehead atoms. The lowest BCUT2D eigenvalue weighted by atomic mass is 10.1. The van der Waals surface area contributed by atoms with Gasteiger partial charge in [-0.25, -0.2) is 0 Å². The van der Waals surface area contributed by atoms with E-state index in [-0.39, 0.29) is 5.91 Å². The van der Waals surface area contributed by atoms with Crippen molar-refractivity contribution in [2.45, 2.75) is 19.4 Å². The molecule has 1 heterocycles. The van der Waals surface area contributed by atoms with E-state index in [1.165, 1.54) is 11.1 Å². The Labute approximate surface area is 152 Å². The van der Waals surface area contributed by atoms with E-state index in [1.807, 2.05) is 29.2 Å². The molecule has 1 aliphatic heterocycles. The summed E-state index contributed by atoms with van der Waals surface area (Å²) < 4.78 is 1.16. The fourth-order valence-corrected chi connectivity index (χ4v) is 3.49. The zero-order valence-electron chi connectivity index (χ0n) is 13.8. The van der Waals surface area contributed by atoms with Crippen molar-refractivity contribution >= 4 is 21.8 Å². The van der Waals surface area contributed by atoms with Crippen LogP contribution in [0.2, 0.25) is 0 Å². The third-order valence-electron chi connectivity index (χ3n) is 4.55. The number of hydrogen-bond donors (Lipinski definition) is 0. The molecule has 1 aliphatic rings. The zero-order chi connectivity index (χ0) is 16.8. The Morgan fingerprint density at radius 3 is 2.29 bits per heavy atom. The lowest BCUT2D eigenvalue weighted by molar-refractivity contribution is -0.133. The van der Waals surface area contributed by atoms with E-state index in [4.69, 9.17) is 0 Å². The van der Waals surface area contributed by atoms with E-state index in [0.29, 0.717) is 6.42 Å². The molecule has 0 N–H and O–H groups in total. The van der Waals surface area contributed by atoms with Crippen molar-refractivity contribution in [1.82, 2.24) is 9.80 Å². The van der Waals surface area contributed by atoms with Gasteiger partial charge in [-0.15, -0.1) is 0 Å². The fourth-order valence-electron chi connectivity index (χ4n) is 3.08. The first-order valence-corrected chi connectivity index (χ1v) is 9.29. The predicted octanol–water partition coefficient (Wildman–Crippen LogP) is 3.73. The fraction of sp³-hybridized carbons (Fsp3) is 0.350. The van der Waals surface area contributed by atoms with Crippen LogP contribution in [0.5, 0.6) is 0 Å². The van der Waals surface area contributed by atoms with Crippen LogP contribution in [0.1, 0.15) is 17.5 Å². The Balaban J connectivity index is 1.44. The first-order valence-electron chi connectivity index (χ1n) is 8.50. The number of nitrogens with zero attached hydrogens (tertiary/aromatic N) is 2. The summed E-state index contributed by atoms with van der Waals surface area (Å²) in [4.78, 5) is 16.8. The maximum atomic E-state index is 12.4. The normalized spacial score (nSPS) is 15.5. The minimum atomic E-state index is 0.277. The Hall–Kier alpha value is -1.65. The van der Waals surface area contributed by atoms with Crippen molar-refractivity contribution in [3.63, 3.8) is 0 Å². The molecule has 3 nitrogen and oxygen atoms in total. The van der Waals surface area contributed by atoms with Crippen molar-refractivity contribution in [2.75, 3.05) is 26.2 Å². The number of rotatable bonds is 5. The minimum Gasteiger partial charge on any atom is -0.340 e. The van der Waals surface area contributed by atoms with Gasteiger partial charge in [0, 0.05) is 43.6 Å². The van der Waals surface area contributed by atoms with Gasteiger partial charge >= 0.3 is 0 Å². The summed E-state index contributed by atoms with van der Waals surface area (Å²) in [5, 5.41) is 0. The van der Waals surface area contributed by atoms with Crippen molar-refractivity contribution in [1.29, 1.82) is 0 Å². The molecule has 0 aliphatic carbocycles. The zero-order valence-corrected chi connectivity index (χ0v) is 15.4. The molecular weight excluding hydrogens is 364 g/mol. The van der Waals surface area contributed by atoms with Crippen molar-refractivity contribution < 1.29 is 4.79 Å². The number of aryl methyl sites for hydroxylation is 1. The third kappa shape index (κ3) is 4.68. The van der Waals surface area contributed by atoms with Gasteiger partial charge in [0.05, 0.1) is 0 Å². The number of piperazine rings is 1. The molecule has 1 amide bonds. The Morgan fingerprint density at radius 2 is 1.58 bits per heavy atom. The molecule has 0 aromatic heterocycles. The Bertz CT molecular complexity index is 666. The van der Waals surface area contributed by atoms with Crippen LogP contribution in [-0.2, 0) is 17.8 Å². The summed E-state index contributed by atoms with van der Waals surface area (Å²) in [6, 6.07) is 18.6. The monoisotopic (exact) mass is 386 g/mol. The van der Waals surface area contributed by atoms with E-state index in [1.54, 1.807) is 0 Å². The van der Waals surface area contributed by atoms with Crippen molar-refractivity contribution in [2.24, 2.45) is 0 Å². The average molecular weight is 387 g/mol. The topological polar surface area (TPSA) is 23.6 Å². The molecule has 2 aromatic carbocycles. The van der Waals surface area contributed by atoms with Gasteiger partial charge in [-0.1, -0.05) is 64.5 Å². The van der Waals surface area contributed by atoms with Gasteiger partial charge in [0.1, 0.15) is 0 Å². The maximum Gasteiger partial charge on any atom is 0.222 e. The molecule has 0 radical (unpaired) electrons. The van der Waals surface area contributed by atoms with Crippen LogP contribution in [0, 0.1) is 0 Å². The number of carbonyl (C=O) groups is 1. The molecule has 3 rings (SSSR count). The molecule has 0 spiro atoms. The average Bonchev–Trinajstić information content (AvgIpc) is 2.63. The summed E-state index contributed by atoms with van der Waals surface area (Å²) in [5.74, 6) is 0.277. The Kier molecular flexibility index (Phi) is 6.05. The van der Waals surface area contributed by atoms with Crippen LogP contribution < -0.4 is 0 Å². The van der Waals surface area contributed by atoms with Crippen LogP contribution in [-0.4, -0.2) is 41.9 Å². The van der Waals surface area contributed by atoms with E-state index in [2.05, 4.69) is 51.2 Å². The molecule has 126 valence electrons. The van der Waals surface area contributed by atoms with Crippen LogP contribution in [0.15, 0.2) is 59.1 Å². The molecule has 0 unspecified atom stereocenters. The predicted molar refractivity (Wildman–Crippen MR) is 101 cm³/mol. The highest BCUT2D eigenvalue weighted by molar-refractivity contribution is 9.10. The Morgan fingerprint density at radius 1 is 0.917 bits per heavy atom. The van der Waals surface area contributed by atoms with E-state index < -0.39 is 0 Å². The summed E-state index contributed by atoms with van der Waals surface area (Å²) in [7, 11) is 0. The van der Waals surface area contributed by atoms with Gasteiger partial charge in [0.25, 0.3) is 0 Å². The van der Waals surface area contributed by atoms with E-state index >= 15 is 0 Å². The number of amides is 1. The smallest absolute Gasteiger partial charge is 0.222 e. The number of halogens is 1. The summed E-state index contributed by atoms with van der Waals surface area (Å²) in [5.41, 5.74) is 2.54. The number of carbonyl (C=O) groups excluding carboxylic acids is 1. The summed E-state index contributed by atoms with van der Waals surface area (Å²) in [6.45, 7) is 4.49. The molecule has 0 saturated carbocycles. The summed E-state index contributed by atoms with van der Waals surface area (Å²) in [6.07, 6.45) is 1.44. The highest BCUT2D eigenvalue weighted by Crippen LogP contribution is 2.18. The van der Waals surface area contributed by atoms with Gasteiger partial charge < -0.3 is 4.90 Å². The van der Waals surface area contributed by atoms with Gasteiger partial charge in [-0.3, -0.25) is 9.69 Å². The quantitative estimate of drug-likeness (QED) is 0.781. The highest BCUT2D eigenvalue weighted by atomic mass is 79.9. The third-order valence-corrected chi connectivity index (χ3v) is 5.32. The maximum absolute atomic E-state index is 12.4. The number of hydrogen-bond acceptors (Lipinski definition) is 2. The molecule has 0 atom stereocenters. The minimum absolute atomic E-state index is 0.277. The second-order valence-corrected chi connectivity index (χ2v) is 7.09. The molecular formula is C20H23BrN2O. The van der Waals surface area contributed by atoms with Crippen LogP contribution in [0.25, 0.3) is 0 Å². The molecule has 1 saturated heterocycles. The van der Waals surface area contributed by atoms with Crippen LogP contribution in [0.4, 0.5) is 0 Å². The second kappa shape index (κ2) is 8.45. The molecule has 24 heavy (non-hydrogen) atoms.